The van der Waals surface area contributed by atoms with E-state index in [4.69, 9.17) is 5.73 Å². The Bertz CT molecular complexity index is 297. The third-order valence-electron chi connectivity index (χ3n) is 3.51. The number of hydrogen-bond acceptors (Lipinski definition) is 2. The van der Waals surface area contributed by atoms with E-state index in [0.717, 1.165) is 25.4 Å². The van der Waals surface area contributed by atoms with Gasteiger partial charge in [0.1, 0.15) is 0 Å². The molecule has 17 heavy (non-hydrogen) atoms. The van der Waals surface area contributed by atoms with E-state index in [9.17, 15) is 0 Å². The van der Waals surface area contributed by atoms with Crippen molar-refractivity contribution in [3.8, 4) is 0 Å². The van der Waals surface area contributed by atoms with Crippen LogP contribution in [0.25, 0.3) is 0 Å². The van der Waals surface area contributed by atoms with Crippen molar-refractivity contribution in [3.63, 3.8) is 0 Å². The third-order valence-corrected chi connectivity index (χ3v) is 3.51. The van der Waals surface area contributed by atoms with Crippen molar-refractivity contribution in [2.45, 2.75) is 32.7 Å². The largest absolute Gasteiger partial charge is 0.329 e. The zero-order chi connectivity index (χ0) is 12.7. The molecule has 0 bridgehead atoms. The maximum atomic E-state index is 5.90. The molecular weight excluding hydrogens is 208 g/mol. The van der Waals surface area contributed by atoms with Gasteiger partial charge in [-0.2, -0.15) is 0 Å². The third kappa shape index (κ3) is 4.88. The van der Waals surface area contributed by atoms with E-state index in [1.54, 1.807) is 0 Å². The molecule has 0 radical (unpaired) electrons. The summed E-state index contributed by atoms with van der Waals surface area (Å²) < 4.78 is 0. The molecule has 2 heteroatoms. The molecule has 2 unspecified atom stereocenters. The molecule has 1 rings (SSSR count). The number of nitrogens with zero attached hydrogens (tertiary/aromatic N) is 1. The number of nitrogens with two attached hydrogens (primary N) is 1. The lowest BCUT2D eigenvalue weighted by molar-refractivity contribution is 0.212. The second kappa shape index (κ2) is 7.46. The van der Waals surface area contributed by atoms with Crippen LogP contribution < -0.4 is 5.73 Å². The summed E-state index contributed by atoms with van der Waals surface area (Å²) in [6.07, 6.45) is 2.28. The highest BCUT2D eigenvalue weighted by Crippen LogP contribution is 2.10. The Hall–Kier alpha value is -0.860. The van der Waals surface area contributed by atoms with Gasteiger partial charge >= 0.3 is 0 Å². The fraction of sp³-hybridized carbons (Fsp3) is 0.600. The molecule has 0 amide bonds. The second-order valence-corrected chi connectivity index (χ2v) is 5.03. The zero-order valence-electron chi connectivity index (χ0n) is 11.4. The summed E-state index contributed by atoms with van der Waals surface area (Å²) in [6.45, 7) is 6.40. The van der Waals surface area contributed by atoms with Gasteiger partial charge in [0.25, 0.3) is 0 Å². The van der Waals surface area contributed by atoms with E-state index in [0.29, 0.717) is 6.04 Å². The molecule has 0 spiro atoms. The average Bonchev–Trinajstić information content (AvgIpc) is 2.36. The van der Waals surface area contributed by atoms with E-state index < -0.39 is 0 Å². The first-order valence-electron chi connectivity index (χ1n) is 6.61. The number of benzene rings is 1. The van der Waals surface area contributed by atoms with E-state index >= 15 is 0 Å². The fourth-order valence-corrected chi connectivity index (χ4v) is 2.08. The maximum absolute atomic E-state index is 5.90. The summed E-state index contributed by atoms with van der Waals surface area (Å²) in [5.41, 5.74) is 7.27. The lowest BCUT2D eigenvalue weighted by Crippen LogP contribution is -2.41. The normalized spacial score (nSPS) is 14.9. The molecule has 0 saturated heterocycles. The summed E-state index contributed by atoms with van der Waals surface area (Å²) in [6, 6.07) is 11.1. The van der Waals surface area contributed by atoms with Crippen molar-refractivity contribution in [1.29, 1.82) is 0 Å². The highest BCUT2D eigenvalue weighted by Gasteiger charge is 2.15. The standard InChI is InChI=1S/C15H26N2/c1-4-13(2)12-17(3)15(11-16)10-14-8-6-5-7-9-14/h5-9,13,15H,4,10-12,16H2,1-3H3. The second-order valence-electron chi connectivity index (χ2n) is 5.03. The molecule has 0 aliphatic carbocycles. The molecule has 0 fully saturated rings. The quantitative estimate of drug-likeness (QED) is 0.785. The summed E-state index contributed by atoms with van der Waals surface area (Å²) in [5, 5.41) is 0. The minimum absolute atomic E-state index is 0.450. The lowest BCUT2D eigenvalue weighted by Gasteiger charge is -2.29. The monoisotopic (exact) mass is 234 g/mol. The van der Waals surface area contributed by atoms with Gasteiger partial charge in [0.05, 0.1) is 0 Å². The van der Waals surface area contributed by atoms with E-state index in [1.165, 1.54) is 12.0 Å². The fourth-order valence-electron chi connectivity index (χ4n) is 2.08. The molecule has 0 aliphatic rings. The molecule has 0 aliphatic heterocycles. The minimum Gasteiger partial charge on any atom is -0.329 e. The van der Waals surface area contributed by atoms with Crippen LogP contribution in [0.1, 0.15) is 25.8 Å². The van der Waals surface area contributed by atoms with Gasteiger partial charge in [-0.1, -0.05) is 50.6 Å². The van der Waals surface area contributed by atoms with Crippen molar-refractivity contribution in [2.75, 3.05) is 20.1 Å². The Morgan fingerprint density at radius 1 is 1.24 bits per heavy atom. The molecule has 0 heterocycles. The highest BCUT2D eigenvalue weighted by molar-refractivity contribution is 5.16. The molecule has 1 aromatic rings. The average molecular weight is 234 g/mol. The van der Waals surface area contributed by atoms with Crippen molar-refractivity contribution in [1.82, 2.24) is 4.90 Å². The topological polar surface area (TPSA) is 29.3 Å². The molecule has 2 atom stereocenters. The van der Waals surface area contributed by atoms with E-state index in [-0.39, 0.29) is 0 Å². The Labute approximate surface area is 106 Å². The van der Waals surface area contributed by atoms with Gasteiger partial charge in [0.2, 0.25) is 0 Å². The summed E-state index contributed by atoms with van der Waals surface area (Å²) in [5.74, 6) is 0.741. The van der Waals surface area contributed by atoms with Crippen LogP contribution in [0.15, 0.2) is 30.3 Å². The van der Waals surface area contributed by atoms with Crippen LogP contribution in [0.4, 0.5) is 0 Å². The molecule has 2 nitrogen and oxygen atoms in total. The van der Waals surface area contributed by atoms with E-state index in [1.807, 2.05) is 0 Å². The molecule has 0 aromatic heterocycles. The van der Waals surface area contributed by atoms with Crippen LogP contribution in [-0.4, -0.2) is 31.1 Å². The van der Waals surface area contributed by atoms with Crippen LogP contribution in [0, 0.1) is 5.92 Å². The smallest absolute Gasteiger partial charge is 0.0255 e. The summed E-state index contributed by atoms with van der Waals surface area (Å²) in [7, 11) is 2.19. The van der Waals surface area contributed by atoms with Crippen molar-refractivity contribution in [3.05, 3.63) is 35.9 Å². The van der Waals surface area contributed by atoms with Gasteiger partial charge < -0.3 is 10.6 Å². The predicted octanol–water partition coefficient (Wildman–Crippen LogP) is 2.53. The molecular formula is C15H26N2. The summed E-state index contributed by atoms with van der Waals surface area (Å²) >= 11 is 0. The Morgan fingerprint density at radius 2 is 1.88 bits per heavy atom. The van der Waals surface area contributed by atoms with Crippen LogP contribution in [-0.2, 0) is 6.42 Å². The van der Waals surface area contributed by atoms with Gasteiger partial charge in [-0.3, -0.25) is 0 Å². The first-order valence-corrected chi connectivity index (χ1v) is 6.61. The van der Waals surface area contributed by atoms with Crippen molar-refractivity contribution < 1.29 is 0 Å². The highest BCUT2D eigenvalue weighted by atomic mass is 15.1. The van der Waals surface area contributed by atoms with Gasteiger partial charge in [-0.15, -0.1) is 0 Å². The molecule has 2 N–H and O–H groups in total. The van der Waals surface area contributed by atoms with Crippen molar-refractivity contribution >= 4 is 0 Å². The van der Waals surface area contributed by atoms with Crippen LogP contribution in [0.2, 0.25) is 0 Å². The predicted molar refractivity (Wildman–Crippen MR) is 75.1 cm³/mol. The maximum Gasteiger partial charge on any atom is 0.0255 e. The Kier molecular flexibility index (Phi) is 6.23. The number of likely N-dealkylation sites (N-methyl/N-ethyl adjacent to an activating group) is 1. The number of hydrogen-bond donors (Lipinski definition) is 1. The Balaban J connectivity index is 2.53. The lowest BCUT2D eigenvalue weighted by atomic mass is 10.0. The first kappa shape index (κ1) is 14.2. The van der Waals surface area contributed by atoms with Crippen molar-refractivity contribution in [2.24, 2.45) is 11.7 Å². The van der Waals surface area contributed by atoms with Crippen LogP contribution >= 0.6 is 0 Å². The van der Waals surface area contributed by atoms with Crippen LogP contribution in [0.3, 0.4) is 0 Å². The van der Waals surface area contributed by atoms with Gasteiger partial charge in [0.15, 0.2) is 0 Å². The van der Waals surface area contributed by atoms with Crippen LogP contribution in [0.5, 0.6) is 0 Å². The zero-order valence-corrected chi connectivity index (χ0v) is 11.4. The van der Waals surface area contributed by atoms with Gasteiger partial charge in [-0.05, 0) is 24.9 Å². The van der Waals surface area contributed by atoms with E-state index in [2.05, 4.69) is 56.1 Å². The molecule has 96 valence electrons. The SMILES string of the molecule is CCC(C)CN(C)C(CN)Cc1ccccc1. The molecule has 0 saturated carbocycles. The van der Waals surface area contributed by atoms with Gasteiger partial charge in [-0.25, -0.2) is 0 Å². The van der Waals surface area contributed by atoms with Gasteiger partial charge in [0, 0.05) is 19.1 Å². The molecule has 1 aromatic carbocycles. The Morgan fingerprint density at radius 3 is 2.41 bits per heavy atom. The number of rotatable bonds is 7. The first-order chi connectivity index (χ1) is 8.17. The minimum atomic E-state index is 0.450. The summed E-state index contributed by atoms with van der Waals surface area (Å²) in [4.78, 5) is 2.40.